The van der Waals surface area contributed by atoms with E-state index >= 15 is 0 Å². The van der Waals surface area contributed by atoms with Crippen LogP contribution in [-0.4, -0.2) is 47.7 Å². The van der Waals surface area contributed by atoms with Gasteiger partial charge in [-0.05, 0) is 31.5 Å². The molecular weight excluding hydrogens is 302 g/mol. The van der Waals surface area contributed by atoms with E-state index in [0.29, 0.717) is 24.2 Å². The van der Waals surface area contributed by atoms with Crippen LogP contribution in [0.15, 0.2) is 24.3 Å². The predicted molar refractivity (Wildman–Crippen MR) is 85.1 cm³/mol. The molecule has 0 spiro atoms. The van der Waals surface area contributed by atoms with Crippen molar-refractivity contribution in [2.24, 2.45) is 0 Å². The van der Waals surface area contributed by atoms with Gasteiger partial charge in [0.15, 0.2) is 0 Å². The topological polar surface area (TPSA) is 52.6 Å². The lowest BCUT2D eigenvalue weighted by Gasteiger charge is -2.42. The van der Waals surface area contributed by atoms with Crippen molar-refractivity contribution in [3.05, 3.63) is 41.5 Å². The Morgan fingerprint density at radius 2 is 2.17 bits per heavy atom. The van der Waals surface area contributed by atoms with Crippen LogP contribution in [0.2, 0.25) is 0 Å². The van der Waals surface area contributed by atoms with Gasteiger partial charge in [0.1, 0.15) is 11.6 Å². The van der Waals surface area contributed by atoms with Gasteiger partial charge in [0.25, 0.3) is 0 Å². The number of carboxylic acid groups (broad SMARTS) is 1. The molecule has 0 heterocycles. The van der Waals surface area contributed by atoms with Crippen LogP contribution in [0, 0.1) is 11.6 Å². The van der Waals surface area contributed by atoms with Gasteiger partial charge in [-0.3, -0.25) is 9.69 Å². The van der Waals surface area contributed by atoms with Gasteiger partial charge in [-0.25, -0.2) is 8.78 Å². The van der Waals surface area contributed by atoms with Crippen LogP contribution in [0.5, 0.6) is 0 Å². The highest BCUT2D eigenvalue weighted by molar-refractivity contribution is 5.69. The van der Waals surface area contributed by atoms with E-state index in [-0.39, 0.29) is 6.54 Å². The van der Waals surface area contributed by atoms with Crippen LogP contribution in [-0.2, 0) is 4.79 Å². The number of hydrogen-bond donors (Lipinski definition) is 2. The zero-order chi connectivity index (χ0) is 16.8. The summed E-state index contributed by atoms with van der Waals surface area (Å²) in [5.74, 6) is -1.95. The van der Waals surface area contributed by atoms with Crippen LogP contribution in [0.3, 0.4) is 0 Å². The first-order chi connectivity index (χ1) is 11.0. The number of nitrogens with zero attached hydrogens (tertiary/aromatic N) is 1. The Balaban J connectivity index is 1.70. The summed E-state index contributed by atoms with van der Waals surface area (Å²) in [6.07, 6.45) is 5.26. The monoisotopic (exact) mass is 324 g/mol. The molecule has 1 aliphatic rings. The molecule has 0 atom stereocenters. The van der Waals surface area contributed by atoms with E-state index < -0.39 is 17.6 Å². The fourth-order valence-corrected chi connectivity index (χ4v) is 2.78. The van der Waals surface area contributed by atoms with Crippen LogP contribution in [0.1, 0.15) is 25.3 Å². The van der Waals surface area contributed by atoms with Gasteiger partial charge < -0.3 is 10.4 Å². The Morgan fingerprint density at radius 1 is 1.43 bits per heavy atom. The number of carboxylic acids is 1. The molecule has 0 amide bonds. The molecule has 1 aromatic rings. The van der Waals surface area contributed by atoms with Gasteiger partial charge in [-0.15, -0.1) is 0 Å². The number of carbonyl (C=O) groups is 1. The molecule has 126 valence electrons. The Bertz CT molecular complexity index is 572. The summed E-state index contributed by atoms with van der Waals surface area (Å²) < 4.78 is 26.2. The van der Waals surface area contributed by atoms with Crippen LogP contribution in [0.25, 0.3) is 6.08 Å². The summed E-state index contributed by atoms with van der Waals surface area (Å²) >= 11 is 0. The average molecular weight is 324 g/mol. The molecule has 2 rings (SSSR count). The van der Waals surface area contributed by atoms with Gasteiger partial charge in [0, 0.05) is 30.3 Å². The van der Waals surface area contributed by atoms with Crippen molar-refractivity contribution in [3.8, 4) is 0 Å². The second kappa shape index (κ2) is 8.17. The molecular formula is C17H22F2N2O2. The number of hydrogen-bond acceptors (Lipinski definition) is 3. The summed E-state index contributed by atoms with van der Waals surface area (Å²) in [5, 5.41) is 12.2. The highest BCUT2D eigenvalue weighted by Gasteiger charge is 2.33. The summed E-state index contributed by atoms with van der Waals surface area (Å²) in [7, 11) is 0. The number of likely N-dealkylation sites (N-methyl/N-ethyl adjacent to an activating group) is 1. The quantitative estimate of drug-likeness (QED) is 0.771. The standard InChI is InChI=1S/C17H22F2N2O2/c1-2-21(11-17(22)23)15-9-14(10-15)20-7-3-4-12-5-6-13(18)8-16(12)19/h3-6,8,14-15,20H,2,7,9-11H2,1H3,(H,22,23)/b4-3+. The van der Waals surface area contributed by atoms with E-state index in [4.69, 9.17) is 5.11 Å². The highest BCUT2D eigenvalue weighted by Crippen LogP contribution is 2.25. The zero-order valence-electron chi connectivity index (χ0n) is 13.1. The molecule has 1 aromatic carbocycles. The van der Waals surface area contributed by atoms with Crippen molar-refractivity contribution in [1.82, 2.24) is 10.2 Å². The van der Waals surface area contributed by atoms with Crippen LogP contribution in [0.4, 0.5) is 8.78 Å². The molecule has 0 aliphatic heterocycles. The first kappa shape index (κ1) is 17.6. The molecule has 1 saturated carbocycles. The Morgan fingerprint density at radius 3 is 2.78 bits per heavy atom. The smallest absolute Gasteiger partial charge is 0.317 e. The third-order valence-corrected chi connectivity index (χ3v) is 4.16. The normalized spacial score (nSPS) is 20.9. The molecule has 0 bridgehead atoms. The van der Waals surface area contributed by atoms with Crippen LogP contribution >= 0.6 is 0 Å². The molecule has 6 heteroatoms. The Labute approximate surface area is 134 Å². The van der Waals surface area contributed by atoms with Gasteiger partial charge in [-0.2, -0.15) is 0 Å². The second-order valence-corrected chi connectivity index (χ2v) is 5.76. The third-order valence-electron chi connectivity index (χ3n) is 4.16. The van der Waals surface area contributed by atoms with Crippen LogP contribution < -0.4 is 5.32 Å². The Hall–Kier alpha value is -1.79. The Kier molecular flexibility index (Phi) is 6.24. The van der Waals surface area contributed by atoms with Gasteiger partial charge in [0.05, 0.1) is 6.54 Å². The molecule has 0 aromatic heterocycles. The maximum absolute atomic E-state index is 13.4. The van der Waals surface area contributed by atoms with E-state index in [2.05, 4.69) is 5.32 Å². The first-order valence-corrected chi connectivity index (χ1v) is 7.80. The summed E-state index contributed by atoms with van der Waals surface area (Å²) in [6, 6.07) is 4.17. The van der Waals surface area contributed by atoms with Crippen molar-refractivity contribution in [1.29, 1.82) is 0 Å². The minimum atomic E-state index is -0.799. The SMILES string of the molecule is CCN(CC(=O)O)C1CC(NC/C=C/c2ccc(F)cc2F)C1. The van der Waals surface area contributed by atoms with E-state index in [9.17, 15) is 13.6 Å². The number of halogens is 2. The zero-order valence-corrected chi connectivity index (χ0v) is 13.1. The van der Waals surface area contributed by atoms with E-state index in [0.717, 1.165) is 25.5 Å². The lowest BCUT2D eigenvalue weighted by Crippen LogP contribution is -2.53. The predicted octanol–water partition coefficient (Wildman–Crippen LogP) is 2.51. The summed E-state index contributed by atoms with van der Waals surface area (Å²) in [6.45, 7) is 3.37. The van der Waals surface area contributed by atoms with Crippen molar-refractivity contribution in [3.63, 3.8) is 0 Å². The number of benzene rings is 1. The third kappa shape index (κ3) is 5.11. The minimum absolute atomic E-state index is 0.0810. The lowest BCUT2D eigenvalue weighted by molar-refractivity contribution is -0.139. The molecule has 1 aliphatic carbocycles. The molecule has 2 N–H and O–H groups in total. The lowest BCUT2D eigenvalue weighted by atomic mass is 9.85. The number of aliphatic carboxylic acids is 1. The fraction of sp³-hybridized carbons (Fsp3) is 0.471. The van der Waals surface area contributed by atoms with Gasteiger partial charge in [0.2, 0.25) is 0 Å². The van der Waals surface area contributed by atoms with Gasteiger partial charge in [-0.1, -0.05) is 19.1 Å². The summed E-state index contributed by atoms with van der Waals surface area (Å²) in [4.78, 5) is 12.7. The molecule has 0 saturated heterocycles. The van der Waals surface area contributed by atoms with E-state index in [1.807, 2.05) is 11.8 Å². The highest BCUT2D eigenvalue weighted by atomic mass is 19.1. The van der Waals surface area contributed by atoms with Gasteiger partial charge >= 0.3 is 5.97 Å². The molecule has 4 nitrogen and oxygen atoms in total. The number of rotatable bonds is 8. The van der Waals surface area contributed by atoms with Crippen molar-refractivity contribution in [2.75, 3.05) is 19.6 Å². The first-order valence-electron chi connectivity index (χ1n) is 7.80. The van der Waals surface area contributed by atoms with Crippen molar-refractivity contribution in [2.45, 2.75) is 31.8 Å². The molecule has 1 fully saturated rings. The van der Waals surface area contributed by atoms with E-state index in [1.54, 1.807) is 12.2 Å². The van der Waals surface area contributed by atoms with Crippen molar-refractivity contribution < 1.29 is 18.7 Å². The minimum Gasteiger partial charge on any atom is -0.480 e. The second-order valence-electron chi connectivity index (χ2n) is 5.76. The molecule has 0 radical (unpaired) electrons. The number of nitrogens with one attached hydrogen (secondary N) is 1. The fourth-order valence-electron chi connectivity index (χ4n) is 2.78. The van der Waals surface area contributed by atoms with E-state index in [1.165, 1.54) is 12.1 Å². The maximum Gasteiger partial charge on any atom is 0.317 e. The maximum atomic E-state index is 13.4. The largest absolute Gasteiger partial charge is 0.480 e. The van der Waals surface area contributed by atoms with Crippen molar-refractivity contribution >= 4 is 12.0 Å². The summed E-state index contributed by atoms with van der Waals surface area (Å²) in [5.41, 5.74) is 0.360. The molecule has 23 heavy (non-hydrogen) atoms. The average Bonchev–Trinajstić information content (AvgIpc) is 2.45. The molecule has 0 unspecified atom stereocenters.